The lowest BCUT2D eigenvalue weighted by Crippen LogP contribution is -2.49. The summed E-state index contributed by atoms with van der Waals surface area (Å²) in [6, 6.07) is 0. The fraction of sp³-hybridized carbons (Fsp3) is 0.826. The number of allylic oxidation sites excluding steroid dienone is 2. The number of hydrogen-bond acceptors (Lipinski definition) is 4. The first-order valence-corrected chi connectivity index (χ1v) is 10.8. The van der Waals surface area contributed by atoms with Crippen LogP contribution in [0.25, 0.3) is 0 Å². The van der Waals surface area contributed by atoms with E-state index in [4.69, 9.17) is 9.47 Å². The van der Waals surface area contributed by atoms with Crippen LogP contribution in [-0.4, -0.2) is 24.1 Å². The Labute approximate surface area is 163 Å². The molecule has 0 N–H and O–H groups in total. The molecule has 1 unspecified atom stereocenters. The van der Waals surface area contributed by atoms with Crippen molar-refractivity contribution < 1.29 is 19.1 Å². The Kier molecular flexibility index (Phi) is 4.67. The van der Waals surface area contributed by atoms with E-state index < -0.39 is 0 Å². The Hall–Kier alpha value is -1.32. The fourth-order valence-electron chi connectivity index (χ4n) is 7.18. The van der Waals surface area contributed by atoms with Gasteiger partial charge in [0.05, 0.1) is 0 Å². The number of carbonyl (C=O) groups excluding carboxylic acids is 2. The maximum Gasteiger partial charge on any atom is 0.302 e. The van der Waals surface area contributed by atoms with E-state index in [-0.39, 0.29) is 35.0 Å². The van der Waals surface area contributed by atoms with Crippen molar-refractivity contribution in [1.29, 1.82) is 0 Å². The van der Waals surface area contributed by atoms with Gasteiger partial charge in [-0.25, -0.2) is 0 Å². The maximum atomic E-state index is 11.6. The molecule has 3 saturated carbocycles. The largest absolute Gasteiger partial charge is 0.463 e. The van der Waals surface area contributed by atoms with Gasteiger partial charge in [0, 0.05) is 19.3 Å². The molecule has 150 valence electrons. The van der Waals surface area contributed by atoms with Crippen LogP contribution in [-0.2, 0) is 19.1 Å². The molecule has 0 heterocycles. The van der Waals surface area contributed by atoms with Crippen LogP contribution in [0.4, 0.5) is 0 Å². The SMILES string of the molecule is CC(=O)O[C@@H]1CC[C@]2(C)C3=CC[C@]4(C)[C@@H](OC(C)=O)CC[C@H]4[C@@H]3CCC2C1. The minimum atomic E-state index is -0.146. The zero-order valence-electron chi connectivity index (χ0n) is 17.3. The summed E-state index contributed by atoms with van der Waals surface area (Å²) in [5, 5.41) is 0. The van der Waals surface area contributed by atoms with Gasteiger partial charge >= 0.3 is 11.9 Å². The third-order valence-electron chi connectivity index (χ3n) is 8.53. The second kappa shape index (κ2) is 6.63. The molecule has 0 bridgehead atoms. The molecule has 0 amide bonds. The zero-order chi connectivity index (χ0) is 19.4. The second-order valence-electron chi connectivity index (χ2n) is 9.96. The molecule has 4 rings (SSSR count). The minimum absolute atomic E-state index is 0.0723. The van der Waals surface area contributed by atoms with Crippen LogP contribution in [0.5, 0.6) is 0 Å². The van der Waals surface area contributed by atoms with Crippen LogP contribution in [0.3, 0.4) is 0 Å². The Morgan fingerprint density at radius 2 is 1.74 bits per heavy atom. The number of esters is 2. The Balaban J connectivity index is 1.56. The van der Waals surface area contributed by atoms with E-state index >= 15 is 0 Å². The number of carbonyl (C=O) groups is 2. The van der Waals surface area contributed by atoms with Crippen molar-refractivity contribution in [2.45, 2.75) is 91.3 Å². The normalized spacial score (nSPS) is 45.8. The van der Waals surface area contributed by atoms with Crippen molar-refractivity contribution in [3.63, 3.8) is 0 Å². The Bertz CT molecular complexity index is 667. The van der Waals surface area contributed by atoms with Crippen LogP contribution in [0.15, 0.2) is 11.6 Å². The van der Waals surface area contributed by atoms with E-state index in [1.54, 1.807) is 5.57 Å². The first kappa shape index (κ1) is 19.0. The molecule has 0 aliphatic heterocycles. The van der Waals surface area contributed by atoms with Crippen LogP contribution in [0.2, 0.25) is 0 Å². The summed E-state index contributed by atoms with van der Waals surface area (Å²) in [7, 11) is 0. The molecule has 0 aromatic heterocycles. The van der Waals surface area contributed by atoms with Gasteiger partial charge in [-0.2, -0.15) is 0 Å². The van der Waals surface area contributed by atoms with Crippen molar-refractivity contribution in [1.82, 2.24) is 0 Å². The van der Waals surface area contributed by atoms with Gasteiger partial charge in [-0.05, 0) is 74.5 Å². The molecule has 0 radical (unpaired) electrons. The molecule has 0 spiro atoms. The number of ether oxygens (including phenoxy) is 2. The lowest BCUT2D eigenvalue weighted by atomic mass is 9.49. The highest BCUT2D eigenvalue weighted by molar-refractivity contribution is 5.66. The topological polar surface area (TPSA) is 52.6 Å². The lowest BCUT2D eigenvalue weighted by Gasteiger charge is -2.56. The summed E-state index contributed by atoms with van der Waals surface area (Å²) < 4.78 is 11.3. The van der Waals surface area contributed by atoms with Crippen molar-refractivity contribution in [2.75, 3.05) is 0 Å². The molecule has 4 heteroatoms. The summed E-state index contributed by atoms with van der Waals surface area (Å²) in [5.74, 6) is 1.60. The molecule has 0 aromatic rings. The van der Waals surface area contributed by atoms with Crippen LogP contribution in [0.1, 0.15) is 79.1 Å². The quantitative estimate of drug-likeness (QED) is 0.514. The first-order chi connectivity index (χ1) is 12.7. The van der Waals surface area contributed by atoms with Gasteiger partial charge in [0.25, 0.3) is 0 Å². The third kappa shape index (κ3) is 3.03. The Morgan fingerprint density at radius 3 is 2.44 bits per heavy atom. The van der Waals surface area contributed by atoms with Gasteiger partial charge in [-0.1, -0.05) is 25.5 Å². The van der Waals surface area contributed by atoms with E-state index in [0.717, 1.165) is 32.1 Å². The van der Waals surface area contributed by atoms with Gasteiger partial charge in [-0.3, -0.25) is 9.59 Å². The monoisotopic (exact) mass is 374 g/mol. The standard InChI is InChI=1S/C23H34O4/c1-14(24)26-17-9-11-22(3)16(13-17)5-6-18-19-7-8-21(27-15(2)25)23(19,4)12-10-20(18)22/h10,16-19,21H,5-9,11-13H2,1-4H3/t16?,17-,18+,19+,21+,22+,23+/m1/s1. The van der Waals surface area contributed by atoms with Crippen molar-refractivity contribution in [3.05, 3.63) is 11.6 Å². The van der Waals surface area contributed by atoms with Gasteiger partial charge in [0.1, 0.15) is 12.2 Å². The molecule has 4 aliphatic carbocycles. The van der Waals surface area contributed by atoms with Crippen molar-refractivity contribution in [2.24, 2.45) is 28.6 Å². The number of hydrogen-bond donors (Lipinski definition) is 0. The van der Waals surface area contributed by atoms with E-state index in [9.17, 15) is 9.59 Å². The highest BCUT2D eigenvalue weighted by atomic mass is 16.5. The Morgan fingerprint density at radius 1 is 1.00 bits per heavy atom. The van der Waals surface area contributed by atoms with Crippen LogP contribution < -0.4 is 0 Å². The van der Waals surface area contributed by atoms with Gasteiger partial charge in [0.2, 0.25) is 0 Å². The summed E-state index contributed by atoms with van der Waals surface area (Å²) in [6.07, 6.45) is 11.5. The van der Waals surface area contributed by atoms with Crippen molar-refractivity contribution in [3.8, 4) is 0 Å². The molecular formula is C23H34O4. The molecule has 4 nitrogen and oxygen atoms in total. The van der Waals surface area contributed by atoms with Crippen LogP contribution >= 0.6 is 0 Å². The minimum Gasteiger partial charge on any atom is -0.463 e. The molecule has 3 fully saturated rings. The van der Waals surface area contributed by atoms with Crippen LogP contribution in [0, 0.1) is 28.6 Å². The van der Waals surface area contributed by atoms with Gasteiger partial charge in [0.15, 0.2) is 0 Å². The molecule has 4 aliphatic rings. The summed E-state index contributed by atoms with van der Waals surface area (Å²) in [5.41, 5.74) is 2.02. The van der Waals surface area contributed by atoms with E-state index in [1.807, 2.05) is 0 Å². The molecule has 27 heavy (non-hydrogen) atoms. The fourth-order valence-corrected chi connectivity index (χ4v) is 7.18. The molecule has 7 atom stereocenters. The predicted molar refractivity (Wildman–Crippen MR) is 103 cm³/mol. The summed E-state index contributed by atoms with van der Waals surface area (Å²) in [4.78, 5) is 22.9. The predicted octanol–water partition coefficient (Wildman–Crippen LogP) is 4.81. The van der Waals surface area contributed by atoms with Gasteiger partial charge in [-0.15, -0.1) is 0 Å². The summed E-state index contributed by atoms with van der Waals surface area (Å²) >= 11 is 0. The average Bonchev–Trinajstić information content (AvgIpc) is 2.91. The smallest absolute Gasteiger partial charge is 0.302 e. The number of rotatable bonds is 2. The first-order valence-electron chi connectivity index (χ1n) is 10.8. The van der Waals surface area contributed by atoms with Crippen molar-refractivity contribution >= 4 is 11.9 Å². The third-order valence-corrected chi connectivity index (χ3v) is 8.53. The zero-order valence-corrected chi connectivity index (χ0v) is 17.3. The highest BCUT2D eigenvalue weighted by Gasteiger charge is 2.58. The van der Waals surface area contributed by atoms with E-state index in [1.165, 1.54) is 33.1 Å². The molecule has 0 saturated heterocycles. The second-order valence-corrected chi connectivity index (χ2v) is 9.96. The lowest BCUT2D eigenvalue weighted by molar-refractivity contribution is -0.153. The highest BCUT2D eigenvalue weighted by Crippen LogP contribution is 2.64. The number of fused-ring (bicyclic) bond motifs is 5. The molecular weight excluding hydrogens is 340 g/mol. The summed E-state index contributed by atoms with van der Waals surface area (Å²) in [6.45, 7) is 7.86. The van der Waals surface area contributed by atoms with Gasteiger partial charge < -0.3 is 9.47 Å². The average molecular weight is 375 g/mol. The maximum absolute atomic E-state index is 11.6. The molecule has 0 aromatic carbocycles. The van der Waals surface area contributed by atoms with E-state index in [0.29, 0.717) is 17.8 Å². The van der Waals surface area contributed by atoms with E-state index in [2.05, 4.69) is 19.9 Å².